The minimum Gasteiger partial charge on any atom is -0.496 e. The molecule has 1 heterocycles. The molecule has 0 atom stereocenters. The number of hydrogen-bond donors (Lipinski definition) is 2. The van der Waals surface area contributed by atoms with E-state index in [-0.39, 0.29) is 5.91 Å². The summed E-state index contributed by atoms with van der Waals surface area (Å²) in [6, 6.07) is 5.79. The van der Waals surface area contributed by atoms with E-state index >= 15 is 0 Å². The number of imidazole rings is 1. The number of carbonyl (C=O) groups is 1. The number of rotatable bonds is 4. The highest BCUT2D eigenvalue weighted by molar-refractivity contribution is 6.01. The van der Waals surface area contributed by atoms with Crippen LogP contribution in [0.4, 0.5) is 5.95 Å². The van der Waals surface area contributed by atoms with Gasteiger partial charge in [-0.05, 0) is 25.1 Å². The summed E-state index contributed by atoms with van der Waals surface area (Å²) in [7, 11) is 1.60. The standard InChI is InChI=1S/C14H15N3O2/c1-10-3-5-12(19-2)11(9-10)4-6-13(18)17-14-15-7-8-16-14/h3-9H,1-2H3,(H2,15,16,17,18). The highest BCUT2D eigenvalue weighted by Crippen LogP contribution is 2.20. The summed E-state index contributed by atoms with van der Waals surface area (Å²) in [5, 5.41) is 2.61. The van der Waals surface area contributed by atoms with Crippen molar-refractivity contribution in [2.24, 2.45) is 0 Å². The number of H-pyrrole nitrogens is 1. The molecule has 1 amide bonds. The molecule has 1 aromatic carbocycles. The number of anilines is 1. The molecule has 0 spiro atoms. The van der Waals surface area contributed by atoms with E-state index in [1.54, 1.807) is 25.6 Å². The van der Waals surface area contributed by atoms with Gasteiger partial charge in [0.15, 0.2) is 0 Å². The number of nitrogens with zero attached hydrogens (tertiary/aromatic N) is 1. The Labute approximate surface area is 111 Å². The van der Waals surface area contributed by atoms with Gasteiger partial charge in [0.1, 0.15) is 5.75 Å². The SMILES string of the molecule is COc1ccc(C)cc1C=CC(=O)Nc1ncc[nH]1. The van der Waals surface area contributed by atoms with Crippen LogP contribution < -0.4 is 10.1 Å². The Bertz CT molecular complexity index is 589. The Hall–Kier alpha value is -2.56. The Balaban J connectivity index is 2.09. The van der Waals surface area contributed by atoms with Crippen LogP contribution in [0, 0.1) is 6.92 Å². The normalized spacial score (nSPS) is 10.6. The third-order valence-corrected chi connectivity index (χ3v) is 2.54. The van der Waals surface area contributed by atoms with Gasteiger partial charge < -0.3 is 9.72 Å². The van der Waals surface area contributed by atoms with Crippen molar-refractivity contribution in [3.05, 3.63) is 47.8 Å². The molecule has 5 heteroatoms. The maximum atomic E-state index is 11.7. The van der Waals surface area contributed by atoms with Crippen LogP contribution in [-0.4, -0.2) is 23.0 Å². The summed E-state index contributed by atoms with van der Waals surface area (Å²) < 4.78 is 5.24. The zero-order chi connectivity index (χ0) is 13.7. The summed E-state index contributed by atoms with van der Waals surface area (Å²) in [6.07, 6.45) is 6.37. The molecule has 0 bridgehead atoms. The Kier molecular flexibility index (Phi) is 3.97. The average Bonchev–Trinajstić information content (AvgIpc) is 2.89. The third-order valence-electron chi connectivity index (χ3n) is 2.54. The van der Waals surface area contributed by atoms with Crippen LogP contribution in [0.1, 0.15) is 11.1 Å². The molecule has 1 aromatic heterocycles. The third kappa shape index (κ3) is 3.45. The molecule has 0 unspecified atom stereocenters. The van der Waals surface area contributed by atoms with Crippen molar-refractivity contribution in [2.45, 2.75) is 6.92 Å². The molecule has 19 heavy (non-hydrogen) atoms. The molecule has 5 nitrogen and oxygen atoms in total. The van der Waals surface area contributed by atoms with E-state index < -0.39 is 0 Å². The lowest BCUT2D eigenvalue weighted by Gasteiger charge is -2.05. The van der Waals surface area contributed by atoms with E-state index in [0.717, 1.165) is 16.9 Å². The molecule has 0 saturated carbocycles. The van der Waals surface area contributed by atoms with Crippen LogP contribution in [0.15, 0.2) is 36.7 Å². The van der Waals surface area contributed by atoms with E-state index in [1.165, 1.54) is 6.08 Å². The van der Waals surface area contributed by atoms with Crippen molar-refractivity contribution < 1.29 is 9.53 Å². The first-order valence-corrected chi connectivity index (χ1v) is 5.82. The Morgan fingerprint density at radius 3 is 3.00 bits per heavy atom. The van der Waals surface area contributed by atoms with Crippen molar-refractivity contribution >= 4 is 17.9 Å². The maximum Gasteiger partial charge on any atom is 0.250 e. The van der Waals surface area contributed by atoms with Crippen molar-refractivity contribution in [1.29, 1.82) is 0 Å². The van der Waals surface area contributed by atoms with Gasteiger partial charge in [0.2, 0.25) is 5.95 Å². The second-order valence-corrected chi connectivity index (χ2v) is 4.01. The van der Waals surface area contributed by atoms with Crippen molar-refractivity contribution in [3.8, 4) is 5.75 Å². The van der Waals surface area contributed by atoms with Crippen LogP contribution in [0.25, 0.3) is 6.08 Å². The fraction of sp³-hybridized carbons (Fsp3) is 0.143. The van der Waals surface area contributed by atoms with Crippen molar-refractivity contribution in [2.75, 3.05) is 12.4 Å². The number of carbonyl (C=O) groups excluding carboxylic acids is 1. The van der Waals surface area contributed by atoms with Crippen LogP contribution in [0.5, 0.6) is 5.75 Å². The summed E-state index contributed by atoms with van der Waals surface area (Å²) in [6.45, 7) is 1.99. The molecule has 0 aliphatic rings. The molecule has 2 rings (SSSR count). The maximum absolute atomic E-state index is 11.7. The summed E-state index contributed by atoms with van der Waals surface area (Å²) >= 11 is 0. The average molecular weight is 257 g/mol. The van der Waals surface area contributed by atoms with E-state index in [2.05, 4.69) is 15.3 Å². The molecule has 0 radical (unpaired) electrons. The number of amides is 1. The quantitative estimate of drug-likeness (QED) is 0.826. The second kappa shape index (κ2) is 5.86. The van der Waals surface area contributed by atoms with Crippen LogP contribution in [-0.2, 0) is 4.79 Å². The van der Waals surface area contributed by atoms with Gasteiger partial charge in [-0.1, -0.05) is 11.6 Å². The number of aryl methyl sites for hydroxylation is 1. The van der Waals surface area contributed by atoms with E-state index in [9.17, 15) is 4.79 Å². The summed E-state index contributed by atoms with van der Waals surface area (Å²) in [5.41, 5.74) is 1.96. The van der Waals surface area contributed by atoms with Gasteiger partial charge in [-0.3, -0.25) is 10.1 Å². The molecule has 0 aliphatic heterocycles. The smallest absolute Gasteiger partial charge is 0.250 e. The van der Waals surface area contributed by atoms with Gasteiger partial charge in [-0.15, -0.1) is 0 Å². The highest BCUT2D eigenvalue weighted by Gasteiger charge is 2.02. The predicted molar refractivity (Wildman–Crippen MR) is 74.0 cm³/mol. The zero-order valence-electron chi connectivity index (χ0n) is 10.8. The van der Waals surface area contributed by atoms with Crippen LogP contribution >= 0.6 is 0 Å². The molecular weight excluding hydrogens is 242 g/mol. The van der Waals surface area contributed by atoms with Crippen LogP contribution in [0.2, 0.25) is 0 Å². The first-order chi connectivity index (χ1) is 9.19. The largest absolute Gasteiger partial charge is 0.496 e. The van der Waals surface area contributed by atoms with Gasteiger partial charge >= 0.3 is 0 Å². The Morgan fingerprint density at radius 2 is 2.32 bits per heavy atom. The number of ether oxygens (including phenoxy) is 1. The van der Waals surface area contributed by atoms with Crippen molar-refractivity contribution in [3.63, 3.8) is 0 Å². The topological polar surface area (TPSA) is 67.0 Å². The van der Waals surface area contributed by atoms with Crippen molar-refractivity contribution in [1.82, 2.24) is 9.97 Å². The van der Waals surface area contributed by atoms with E-state index in [1.807, 2.05) is 25.1 Å². The first kappa shape index (κ1) is 12.9. The van der Waals surface area contributed by atoms with Gasteiger partial charge in [-0.25, -0.2) is 4.98 Å². The highest BCUT2D eigenvalue weighted by atomic mass is 16.5. The van der Waals surface area contributed by atoms with E-state index in [0.29, 0.717) is 5.95 Å². The molecule has 0 saturated heterocycles. The first-order valence-electron chi connectivity index (χ1n) is 5.82. The van der Waals surface area contributed by atoms with Crippen LogP contribution in [0.3, 0.4) is 0 Å². The lowest BCUT2D eigenvalue weighted by molar-refractivity contribution is -0.111. The lowest BCUT2D eigenvalue weighted by Crippen LogP contribution is -2.08. The summed E-state index contributed by atoms with van der Waals surface area (Å²) in [4.78, 5) is 18.4. The molecule has 98 valence electrons. The molecule has 0 aliphatic carbocycles. The second-order valence-electron chi connectivity index (χ2n) is 4.01. The predicted octanol–water partition coefficient (Wildman–Crippen LogP) is 2.38. The number of methoxy groups -OCH3 is 1. The van der Waals surface area contributed by atoms with Gasteiger partial charge in [0.05, 0.1) is 7.11 Å². The fourth-order valence-electron chi connectivity index (χ4n) is 1.64. The molecule has 2 aromatic rings. The number of aromatic nitrogens is 2. The monoisotopic (exact) mass is 257 g/mol. The van der Waals surface area contributed by atoms with E-state index in [4.69, 9.17) is 4.74 Å². The van der Waals surface area contributed by atoms with Gasteiger partial charge in [-0.2, -0.15) is 0 Å². The minimum absolute atomic E-state index is 0.251. The lowest BCUT2D eigenvalue weighted by atomic mass is 10.1. The Morgan fingerprint density at radius 1 is 1.47 bits per heavy atom. The summed E-state index contributed by atoms with van der Waals surface area (Å²) in [5.74, 6) is 0.900. The molecular formula is C14H15N3O2. The number of benzene rings is 1. The fourth-order valence-corrected chi connectivity index (χ4v) is 1.64. The van der Waals surface area contributed by atoms with Gasteiger partial charge in [0.25, 0.3) is 5.91 Å². The number of nitrogens with one attached hydrogen (secondary N) is 2. The number of aromatic amines is 1. The minimum atomic E-state index is -0.251. The number of hydrogen-bond acceptors (Lipinski definition) is 3. The zero-order valence-corrected chi connectivity index (χ0v) is 10.8. The molecule has 2 N–H and O–H groups in total. The molecule has 0 fully saturated rings. The van der Waals surface area contributed by atoms with Gasteiger partial charge in [0, 0.05) is 24.0 Å².